The van der Waals surface area contributed by atoms with Crippen LogP contribution in [0.3, 0.4) is 0 Å². The number of fused-ring (bicyclic) bond motifs is 3. The number of rotatable bonds is 16. The minimum Gasteiger partial charge on any atom is -0.449 e. The number of hydrogen-bond acceptors (Lipinski definition) is 7. The first-order chi connectivity index (χ1) is 25.2. The largest absolute Gasteiger partial charge is 0.449 e. The van der Waals surface area contributed by atoms with Crippen LogP contribution >= 0.6 is 0 Å². The Labute approximate surface area is 302 Å². The summed E-state index contributed by atoms with van der Waals surface area (Å²) in [5.41, 5.74) is 5.07. The minimum atomic E-state index is -1.25. The number of hydrogen-bond donors (Lipinski definition) is 5. The van der Waals surface area contributed by atoms with Crippen molar-refractivity contribution in [1.29, 1.82) is 0 Å². The molecule has 52 heavy (non-hydrogen) atoms. The summed E-state index contributed by atoms with van der Waals surface area (Å²) in [5, 5.41) is 13.5. The number of Topliss-reactive ketones (excluding diaryl/α,β-unsaturated/α-hetero) is 1. The second-order valence-electron chi connectivity index (χ2n) is 13.7. The molecule has 1 aliphatic heterocycles. The van der Waals surface area contributed by atoms with Crippen LogP contribution in [0, 0.1) is 5.92 Å². The molecule has 3 aliphatic rings. The van der Waals surface area contributed by atoms with Gasteiger partial charge in [-0.1, -0.05) is 92.2 Å². The molecular formula is C40H45N5O7. The van der Waals surface area contributed by atoms with Gasteiger partial charge in [-0.25, -0.2) is 4.79 Å². The van der Waals surface area contributed by atoms with Gasteiger partial charge >= 0.3 is 6.09 Å². The summed E-state index contributed by atoms with van der Waals surface area (Å²) in [6.07, 6.45) is 2.06. The Hall–Kier alpha value is -5.52. The number of amides is 5. The van der Waals surface area contributed by atoms with E-state index in [1.54, 1.807) is 0 Å². The van der Waals surface area contributed by atoms with Crippen LogP contribution in [0.5, 0.6) is 0 Å². The van der Waals surface area contributed by atoms with Crippen LogP contribution < -0.4 is 26.6 Å². The number of benzene rings is 3. The summed E-state index contributed by atoms with van der Waals surface area (Å²) in [4.78, 5) is 79.3. The number of carbonyl (C=O) groups excluding carboxylic acids is 6. The zero-order valence-electron chi connectivity index (χ0n) is 29.2. The minimum absolute atomic E-state index is 0.0404. The molecule has 6 rings (SSSR count). The third kappa shape index (κ3) is 8.85. The maximum atomic E-state index is 13.9. The fourth-order valence-corrected chi connectivity index (χ4v) is 6.97. The van der Waals surface area contributed by atoms with E-state index in [4.69, 9.17) is 4.74 Å². The van der Waals surface area contributed by atoms with Crippen LogP contribution in [0.4, 0.5) is 4.79 Å². The highest BCUT2D eigenvalue weighted by atomic mass is 16.5. The molecule has 0 bridgehead atoms. The maximum absolute atomic E-state index is 13.9. The van der Waals surface area contributed by atoms with Crippen LogP contribution in [0.25, 0.3) is 11.1 Å². The van der Waals surface area contributed by atoms with Gasteiger partial charge in [0.15, 0.2) is 0 Å². The third-order valence-electron chi connectivity index (χ3n) is 9.90. The van der Waals surface area contributed by atoms with Gasteiger partial charge in [0.1, 0.15) is 18.7 Å². The second-order valence-corrected chi connectivity index (χ2v) is 13.7. The van der Waals surface area contributed by atoms with Gasteiger partial charge in [-0.15, -0.1) is 0 Å². The molecule has 12 heteroatoms. The van der Waals surface area contributed by atoms with Gasteiger partial charge in [0.2, 0.25) is 23.5 Å². The van der Waals surface area contributed by atoms with E-state index in [2.05, 4.69) is 26.6 Å². The lowest BCUT2D eigenvalue weighted by Crippen LogP contribution is -2.57. The molecule has 3 aromatic carbocycles. The van der Waals surface area contributed by atoms with Crippen LogP contribution in [0.2, 0.25) is 0 Å². The standard InChI is InChI=1S/C40H45N5O7/c1-2-10-32(37(48)44-33(22-25-19-20-41-36(25)47)35(46)39(50)42-26-17-18-26)43-38(49)34(21-24-11-4-3-5-12-24)45-40(51)52-23-31-29-15-8-6-13-27(29)28-14-7-9-16-30(28)31/h3-9,11-16,25-26,31-34H,2,10,17-23H2,1H3,(H,41,47)(H,42,50)(H,43,49)(H,44,48)(H,45,51)/t25-,32-,33-,34+/m0/s1. The zero-order chi connectivity index (χ0) is 36.6. The van der Waals surface area contributed by atoms with Gasteiger partial charge in [0.25, 0.3) is 5.91 Å². The van der Waals surface area contributed by atoms with Crippen molar-refractivity contribution in [1.82, 2.24) is 26.6 Å². The van der Waals surface area contributed by atoms with E-state index in [1.165, 1.54) is 0 Å². The molecule has 5 N–H and O–H groups in total. The average molecular weight is 708 g/mol. The normalized spacial score (nSPS) is 17.8. The van der Waals surface area contributed by atoms with Crippen molar-refractivity contribution < 1.29 is 33.5 Å². The molecule has 4 atom stereocenters. The molecule has 0 spiro atoms. The average Bonchev–Trinajstić information content (AvgIpc) is 3.79. The van der Waals surface area contributed by atoms with Gasteiger partial charge in [-0.2, -0.15) is 0 Å². The quantitative estimate of drug-likeness (QED) is 0.142. The summed E-state index contributed by atoms with van der Waals surface area (Å²) in [7, 11) is 0. The first kappa shape index (κ1) is 36.3. The van der Waals surface area contributed by atoms with Gasteiger partial charge in [0, 0.05) is 30.8 Å². The molecule has 0 radical (unpaired) electrons. The summed E-state index contributed by atoms with van der Waals surface area (Å²) in [6, 6.07) is 21.6. The van der Waals surface area contributed by atoms with E-state index in [-0.39, 0.29) is 43.7 Å². The molecule has 3 aromatic rings. The summed E-state index contributed by atoms with van der Waals surface area (Å²) in [6.45, 7) is 2.35. The number of ether oxygens (including phenoxy) is 1. The highest BCUT2D eigenvalue weighted by molar-refractivity contribution is 6.38. The molecule has 0 aromatic heterocycles. The second kappa shape index (κ2) is 16.7. The van der Waals surface area contributed by atoms with Crippen molar-refractivity contribution in [2.24, 2.45) is 5.92 Å². The molecule has 2 fully saturated rings. The van der Waals surface area contributed by atoms with Crippen LogP contribution in [0.1, 0.15) is 68.1 Å². The van der Waals surface area contributed by atoms with E-state index in [0.29, 0.717) is 19.4 Å². The van der Waals surface area contributed by atoms with Crippen molar-refractivity contribution >= 4 is 35.5 Å². The Balaban J connectivity index is 1.14. The first-order valence-corrected chi connectivity index (χ1v) is 18.1. The van der Waals surface area contributed by atoms with Gasteiger partial charge in [0.05, 0.1) is 6.04 Å². The molecule has 12 nitrogen and oxygen atoms in total. The Morgan fingerprint density at radius 2 is 1.38 bits per heavy atom. The smallest absolute Gasteiger partial charge is 0.407 e. The van der Waals surface area contributed by atoms with Crippen molar-refractivity contribution in [3.63, 3.8) is 0 Å². The van der Waals surface area contributed by atoms with Crippen LogP contribution in [0.15, 0.2) is 78.9 Å². The van der Waals surface area contributed by atoms with E-state index in [9.17, 15) is 28.8 Å². The lowest BCUT2D eigenvalue weighted by molar-refractivity contribution is -0.141. The summed E-state index contributed by atoms with van der Waals surface area (Å²) < 4.78 is 5.75. The molecule has 272 valence electrons. The van der Waals surface area contributed by atoms with E-state index >= 15 is 0 Å². The maximum Gasteiger partial charge on any atom is 0.407 e. The van der Waals surface area contributed by atoms with Crippen molar-refractivity contribution in [2.75, 3.05) is 13.2 Å². The first-order valence-electron chi connectivity index (χ1n) is 18.1. The monoisotopic (exact) mass is 707 g/mol. The highest BCUT2D eigenvalue weighted by Crippen LogP contribution is 2.44. The number of alkyl carbamates (subject to hydrolysis) is 1. The molecule has 5 amide bonds. The Morgan fingerprint density at radius 1 is 0.769 bits per heavy atom. The molecular weight excluding hydrogens is 662 g/mol. The van der Waals surface area contributed by atoms with Crippen LogP contribution in [-0.2, 0) is 35.1 Å². The Kier molecular flexibility index (Phi) is 11.6. The summed E-state index contributed by atoms with van der Waals surface area (Å²) >= 11 is 0. The highest BCUT2D eigenvalue weighted by Gasteiger charge is 2.37. The predicted octanol–water partition coefficient (Wildman–Crippen LogP) is 3.28. The molecule has 2 aliphatic carbocycles. The van der Waals surface area contributed by atoms with Gasteiger partial charge < -0.3 is 31.3 Å². The van der Waals surface area contributed by atoms with Crippen molar-refractivity contribution in [2.45, 2.75) is 82.0 Å². The predicted molar refractivity (Wildman–Crippen MR) is 193 cm³/mol. The van der Waals surface area contributed by atoms with E-state index < -0.39 is 53.6 Å². The lowest BCUT2D eigenvalue weighted by atomic mass is 9.95. The fourth-order valence-electron chi connectivity index (χ4n) is 6.97. The van der Waals surface area contributed by atoms with E-state index in [0.717, 1.165) is 40.7 Å². The van der Waals surface area contributed by atoms with E-state index in [1.807, 2.05) is 85.8 Å². The molecule has 0 unspecified atom stereocenters. The molecule has 1 saturated heterocycles. The Morgan fingerprint density at radius 3 is 2.00 bits per heavy atom. The third-order valence-corrected chi connectivity index (χ3v) is 9.90. The lowest BCUT2D eigenvalue weighted by Gasteiger charge is -2.26. The molecule has 1 heterocycles. The van der Waals surface area contributed by atoms with Crippen molar-refractivity contribution in [3.05, 3.63) is 95.6 Å². The van der Waals surface area contributed by atoms with Gasteiger partial charge in [-0.3, -0.25) is 24.0 Å². The number of ketones is 1. The van der Waals surface area contributed by atoms with Crippen molar-refractivity contribution in [3.8, 4) is 11.1 Å². The Bertz CT molecular complexity index is 1760. The number of nitrogens with one attached hydrogen (secondary N) is 5. The number of carbonyl (C=O) groups is 6. The molecule has 1 saturated carbocycles. The summed E-state index contributed by atoms with van der Waals surface area (Å²) in [5.74, 6) is -3.87. The SMILES string of the molecule is CCC[C@H](NC(=O)[C@@H](Cc1ccccc1)NC(=O)OCC1c2ccccc2-c2ccccc21)C(=O)N[C@@H](C[C@@H]1CCNC1=O)C(=O)C(=O)NC1CC1. The fraction of sp³-hybridized carbons (Fsp3) is 0.400. The topological polar surface area (TPSA) is 172 Å². The van der Waals surface area contributed by atoms with Crippen LogP contribution in [-0.4, -0.2) is 72.8 Å². The van der Waals surface area contributed by atoms with Gasteiger partial charge in [-0.05, 0) is 59.9 Å². The zero-order valence-corrected chi connectivity index (χ0v) is 29.2.